The molecule has 0 bridgehead atoms. The molecule has 0 spiro atoms. The fourth-order valence-corrected chi connectivity index (χ4v) is 2.58. The average molecular weight is 217 g/mol. The van der Waals surface area contributed by atoms with Gasteiger partial charge in [0.15, 0.2) is 5.96 Å². The van der Waals surface area contributed by atoms with Crippen LogP contribution in [0.1, 0.15) is 19.3 Å². The zero-order valence-electron chi connectivity index (χ0n) is 9.12. The van der Waals surface area contributed by atoms with E-state index in [4.69, 9.17) is 5.73 Å². The number of hydrogen-bond donors (Lipinski definition) is 1. The summed E-state index contributed by atoms with van der Waals surface area (Å²) in [5.74, 6) is 0.515. The molecule has 4 nitrogen and oxygen atoms in total. The van der Waals surface area contributed by atoms with Gasteiger partial charge in [0.1, 0.15) is 0 Å². The molecule has 0 radical (unpaired) electrons. The lowest BCUT2D eigenvalue weighted by Gasteiger charge is -2.38. The number of aliphatic imine (C=N–C) groups is 1. The Hall–Kier alpha value is -0.580. The zero-order chi connectivity index (χ0) is 10.8. The van der Waals surface area contributed by atoms with Gasteiger partial charge in [-0.3, -0.25) is 9.20 Å². The third-order valence-corrected chi connectivity index (χ3v) is 4.62. The highest BCUT2D eigenvalue weighted by atomic mass is 32.2. The largest absolute Gasteiger partial charge is 0.370 e. The number of nitrogens with two attached hydrogens (primary N) is 1. The van der Waals surface area contributed by atoms with Gasteiger partial charge in [0.2, 0.25) is 0 Å². The highest BCUT2D eigenvalue weighted by molar-refractivity contribution is 7.85. The summed E-state index contributed by atoms with van der Waals surface area (Å²) in [5, 5.41) is 0. The topological polar surface area (TPSA) is 58.7 Å². The predicted octanol–water partition coefficient (Wildman–Crippen LogP) is 0.164. The molecule has 1 aliphatic rings. The van der Waals surface area contributed by atoms with Crippen LogP contribution in [-0.4, -0.2) is 46.7 Å². The Morgan fingerprint density at radius 2 is 2.14 bits per heavy atom. The minimum atomic E-state index is -0.793. The van der Waals surface area contributed by atoms with E-state index < -0.39 is 10.8 Å². The molecule has 1 rings (SSSR count). The smallest absolute Gasteiger partial charge is 0.190 e. The third kappa shape index (κ3) is 2.26. The highest BCUT2D eigenvalue weighted by Crippen LogP contribution is 2.37. The second kappa shape index (κ2) is 4.29. The van der Waals surface area contributed by atoms with Crippen LogP contribution in [0.5, 0.6) is 0 Å². The van der Waals surface area contributed by atoms with E-state index in [0.29, 0.717) is 12.5 Å². The van der Waals surface area contributed by atoms with Crippen LogP contribution >= 0.6 is 0 Å². The van der Waals surface area contributed by atoms with Crippen LogP contribution in [0, 0.1) is 0 Å². The first-order chi connectivity index (χ1) is 6.48. The normalized spacial score (nSPS) is 22.6. The molecule has 1 atom stereocenters. The molecule has 5 heteroatoms. The quantitative estimate of drug-likeness (QED) is 0.541. The van der Waals surface area contributed by atoms with Gasteiger partial charge in [-0.05, 0) is 12.8 Å². The Morgan fingerprint density at radius 1 is 1.57 bits per heavy atom. The van der Waals surface area contributed by atoms with Gasteiger partial charge in [-0.1, -0.05) is 6.42 Å². The average Bonchev–Trinajstić information content (AvgIpc) is 2.00. The van der Waals surface area contributed by atoms with Crippen molar-refractivity contribution in [2.24, 2.45) is 10.7 Å². The molecule has 1 fully saturated rings. The fraction of sp³-hybridized carbons (Fsp3) is 0.889. The summed E-state index contributed by atoms with van der Waals surface area (Å²) in [6.07, 6.45) is 4.96. The van der Waals surface area contributed by atoms with Gasteiger partial charge < -0.3 is 10.6 Å². The van der Waals surface area contributed by atoms with E-state index in [1.54, 1.807) is 11.2 Å². The SMILES string of the molecule is CN(C)C(N)=NCC1(S(C)=O)CCC1. The molecule has 1 unspecified atom stereocenters. The molecule has 0 heterocycles. The summed E-state index contributed by atoms with van der Waals surface area (Å²) >= 11 is 0. The van der Waals surface area contributed by atoms with Crippen molar-refractivity contribution in [1.29, 1.82) is 0 Å². The van der Waals surface area contributed by atoms with Crippen molar-refractivity contribution in [3.63, 3.8) is 0 Å². The molecule has 0 aromatic rings. The zero-order valence-corrected chi connectivity index (χ0v) is 9.93. The van der Waals surface area contributed by atoms with E-state index in [1.807, 2.05) is 14.1 Å². The second-order valence-corrected chi connectivity index (χ2v) is 5.83. The van der Waals surface area contributed by atoms with Crippen molar-refractivity contribution in [2.45, 2.75) is 24.0 Å². The van der Waals surface area contributed by atoms with Crippen LogP contribution in [0.15, 0.2) is 4.99 Å². The van der Waals surface area contributed by atoms with E-state index in [-0.39, 0.29) is 4.75 Å². The Labute approximate surface area is 88.0 Å². The first-order valence-electron chi connectivity index (χ1n) is 4.79. The molecule has 82 valence electrons. The summed E-state index contributed by atoms with van der Waals surface area (Å²) in [7, 11) is 2.92. The first-order valence-corrected chi connectivity index (χ1v) is 6.34. The molecule has 0 amide bonds. The Balaban J connectivity index is 2.58. The molecule has 0 aromatic carbocycles. The second-order valence-electron chi connectivity index (χ2n) is 4.06. The summed E-state index contributed by atoms with van der Waals surface area (Å²) in [4.78, 5) is 6.04. The van der Waals surface area contributed by atoms with Crippen LogP contribution in [0.2, 0.25) is 0 Å². The Morgan fingerprint density at radius 3 is 2.43 bits per heavy atom. The molecule has 0 aliphatic heterocycles. The maximum atomic E-state index is 11.5. The van der Waals surface area contributed by atoms with Crippen LogP contribution in [-0.2, 0) is 10.8 Å². The summed E-state index contributed by atoms with van der Waals surface area (Å²) in [6, 6.07) is 0. The lowest BCUT2D eigenvalue weighted by Crippen LogP contribution is -2.45. The fourth-order valence-electron chi connectivity index (χ4n) is 1.47. The van der Waals surface area contributed by atoms with Crippen LogP contribution in [0.25, 0.3) is 0 Å². The lowest BCUT2D eigenvalue weighted by atomic mass is 9.84. The summed E-state index contributed by atoms with van der Waals surface area (Å²) in [6.45, 7) is 0.597. The number of hydrogen-bond acceptors (Lipinski definition) is 2. The molecular formula is C9H19N3OS. The van der Waals surface area contributed by atoms with Gasteiger partial charge in [-0.2, -0.15) is 0 Å². The van der Waals surface area contributed by atoms with Gasteiger partial charge >= 0.3 is 0 Å². The van der Waals surface area contributed by atoms with Crippen molar-refractivity contribution >= 4 is 16.8 Å². The minimum Gasteiger partial charge on any atom is -0.370 e. The number of guanidine groups is 1. The minimum absolute atomic E-state index is 0.0827. The molecule has 1 aliphatic carbocycles. The van der Waals surface area contributed by atoms with Crippen molar-refractivity contribution in [1.82, 2.24) is 4.90 Å². The molecule has 0 saturated heterocycles. The van der Waals surface area contributed by atoms with Crippen molar-refractivity contribution in [3.8, 4) is 0 Å². The van der Waals surface area contributed by atoms with Gasteiger partial charge in [-0.25, -0.2) is 0 Å². The van der Waals surface area contributed by atoms with E-state index in [0.717, 1.165) is 19.3 Å². The van der Waals surface area contributed by atoms with Crippen molar-refractivity contribution < 1.29 is 4.21 Å². The molecule has 14 heavy (non-hydrogen) atoms. The molecule has 2 N–H and O–H groups in total. The van der Waals surface area contributed by atoms with Crippen molar-refractivity contribution in [3.05, 3.63) is 0 Å². The number of nitrogens with zero attached hydrogens (tertiary/aromatic N) is 2. The molecular weight excluding hydrogens is 198 g/mol. The summed E-state index contributed by atoms with van der Waals surface area (Å²) < 4.78 is 11.4. The van der Waals surface area contributed by atoms with Crippen LogP contribution in [0.4, 0.5) is 0 Å². The first kappa shape index (κ1) is 11.5. The maximum absolute atomic E-state index is 11.5. The van der Waals surface area contributed by atoms with Gasteiger partial charge in [0.25, 0.3) is 0 Å². The predicted molar refractivity (Wildman–Crippen MR) is 60.8 cm³/mol. The maximum Gasteiger partial charge on any atom is 0.190 e. The Kier molecular flexibility index (Phi) is 3.53. The van der Waals surface area contributed by atoms with Gasteiger partial charge in [-0.15, -0.1) is 0 Å². The lowest BCUT2D eigenvalue weighted by molar-refractivity contribution is 0.360. The molecule has 1 saturated carbocycles. The third-order valence-electron chi connectivity index (χ3n) is 2.86. The van der Waals surface area contributed by atoms with E-state index >= 15 is 0 Å². The monoisotopic (exact) mass is 217 g/mol. The van der Waals surface area contributed by atoms with Crippen LogP contribution < -0.4 is 5.73 Å². The van der Waals surface area contributed by atoms with Gasteiger partial charge in [0, 0.05) is 31.2 Å². The van der Waals surface area contributed by atoms with E-state index in [9.17, 15) is 4.21 Å². The number of rotatable bonds is 3. The highest BCUT2D eigenvalue weighted by Gasteiger charge is 2.40. The van der Waals surface area contributed by atoms with E-state index in [2.05, 4.69) is 4.99 Å². The Bertz CT molecular complexity index is 259. The standard InChI is InChI=1S/C9H19N3OS/c1-12(2)8(10)11-7-9(14(3)13)5-4-6-9/h4-7H2,1-3H3,(H2,10,11). The summed E-state index contributed by atoms with van der Waals surface area (Å²) in [5.41, 5.74) is 5.68. The van der Waals surface area contributed by atoms with Crippen LogP contribution in [0.3, 0.4) is 0 Å². The molecule has 0 aromatic heterocycles. The van der Waals surface area contributed by atoms with Gasteiger partial charge in [0.05, 0.1) is 11.3 Å². The van der Waals surface area contributed by atoms with Crippen molar-refractivity contribution in [2.75, 3.05) is 26.9 Å². The van der Waals surface area contributed by atoms with E-state index in [1.165, 1.54) is 0 Å².